The molecule has 3 fully saturated rings. The lowest BCUT2D eigenvalue weighted by Crippen LogP contribution is -2.70. The first-order chi connectivity index (χ1) is 51.4. The maximum atomic E-state index is 13.5. The average molecular weight is 1520 g/mol. The number of nitrogens with one attached hydrogen (secondary N) is 2. The van der Waals surface area contributed by atoms with Crippen molar-refractivity contribution < 1.29 is 104 Å². The van der Waals surface area contributed by atoms with Crippen LogP contribution in [0.25, 0.3) is 0 Å². The number of aliphatic hydroxyl groups excluding tert-OH is 11. The number of carboxylic acids is 1. The quantitative estimate of drug-likeness (QED) is 0.0199. The maximum Gasteiger partial charge on any atom is 0.364 e. The number of unbranched alkanes of at least 4 members (excludes halogenated alkanes) is 46. The molecule has 3 heterocycles. The first-order valence-corrected chi connectivity index (χ1v) is 42.7. The fourth-order valence-electron chi connectivity index (χ4n) is 14.9. The molecule has 3 rings (SSSR count). The molecule has 622 valence electrons. The number of ether oxygens (including phenoxy) is 6. The fraction of sp³-hybridized carbons (Fsp3) is 0.916. The highest BCUT2D eigenvalue weighted by atomic mass is 16.8. The number of amides is 2. The topological polar surface area (TPSA) is 373 Å². The molecular formula is C83H154N2O21. The maximum absolute atomic E-state index is 13.5. The van der Waals surface area contributed by atoms with Crippen molar-refractivity contribution in [3.05, 3.63) is 24.3 Å². The van der Waals surface area contributed by atoms with Crippen LogP contribution in [-0.4, -0.2) is 215 Å². The molecular weight excluding hydrogens is 1360 g/mol. The van der Waals surface area contributed by atoms with Crippen LogP contribution >= 0.6 is 0 Å². The number of hydrogen-bond acceptors (Lipinski definition) is 20. The van der Waals surface area contributed by atoms with Crippen LogP contribution in [0.4, 0.5) is 0 Å². The van der Waals surface area contributed by atoms with Gasteiger partial charge in [0.15, 0.2) is 12.6 Å². The molecule has 0 radical (unpaired) electrons. The number of hydrogen-bond donors (Lipinski definition) is 14. The molecule has 3 saturated heterocycles. The van der Waals surface area contributed by atoms with Gasteiger partial charge >= 0.3 is 5.97 Å². The molecule has 3 aliphatic rings. The molecule has 0 aromatic carbocycles. The Morgan fingerprint density at radius 3 is 1.28 bits per heavy atom. The van der Waals surface area contributed by atoms with Gasteiger partial charge in [-0.15, -0.1) is 0 Å². The van der Waals surface area contributed by atoms with Gasteiger partial charge in [-0.05, 0) is 44.9 Å². The van der Waals surface area contributed by atoms with Crippen molar-refractivity contribution in [2.75, 3.05) is 26.4 Å². The number of carbonyl (C=O) groups is 3. The largest absolute Gasteiger partial charge is 0.477 e. The first-order valence-electron chi connectivity index (χ1n) is 42.7. The molecule has 18 atom stereocenters. The van der Waals surface area contributed by atoms with Crippen molar-refractivity contribution >= 4 is 17.8 Å². The highest BCUT2D eigenvalue weighted by Crippen LogP contribution is 2.39. The Balaban J connectivity index is 1.44. The van der Waals surface area contributed by atoms with Gasteiger partial charge in [0.1, 0.15) is 67.1 Å². The minimum Gasteiger partial charge on any atom is -0.477 e. The standard InChI is InChI=1S/C83H154N2O21/c1-4-6-8-10-12-14-16-18-20-22-23-24-25-26-27-28-29-30-31-32-33-34-35-36-37-38-39-41-43-45-47-49-51-53-55-57-70(93)85-64(65(90)56-54-52-50-48-46-44-42-40-21-19-17-15-13-11-9-7-5-2)62-101-80-75(97)74(96)77(69(61-88)103-80)104-81-76(98)79(73(95)68(60-87)102-81)106-83(82(99)100)58-66(91)71(84-63(3)89)78(105-83)72(94)67(92)59-86/h28-29,54,56,64-69,71-81,86-88,90-92,94-98H,4-27,30-53,55,57-62H2,1-3H3,(H,84,89)(H,85,93)(H,99,100)/b29-28-,56-54+. The smallest absolute Gasteiger partial charge is 0.364 e. The van der Waals surface area contributed by atoms with E-state index in [0.29, 0.717) is 12.8 Å². The number of allylic oxidation sites excluding steroid dienone is 3. The minimum absolute atomic E-state index is 0.203. The molecule has 23 heteroatoms. The molecule has 0 aromatic heterocycles. The van der Waals surface area contributed by atoms with E-state index in [-0.39, 0.29) is 12.3 Å². The third-order valence-electron chi connectivity index (χ3n) is 21.6. The van der Waals surface area contributed by atoms with Crippen LogP contribution in [0, 0.1) is 0 Å². The van der Waals surface area contributed by atoms with Crippen molar-refractivity contribution in [1.29, 1.82) is 0 Å². The zero-order valence-corrected chi connectivity index (χ0v) is 66.1. The summed E-state index contributed by atoms with van der Waals surface area (Å²) in [6.45, 7) is 2.19. The van der Waals surface area contributed by atoms with E-state index in [1.165, 1.54) is 257 Å². The van der Waals surface area contributed by atoms with E-state index in [2.05, 4.69) is 36.6 Å². The van der Waals surface area contributed by atoms with Crippen LogP contribution < -0.4 is 10.6 Å². The zero-order valence-electron chi connectivity index (χ0n) is 66.1. The molecule has 0 aliphatic carbocycles. The number of carbonyl (C=O) groups excluding carboxylic acids is 2. The Hall–Kier alpha value is -2.79. The lowest BCUT2D eigenvalue weighted by Gasteiger charge is -2.50. The van der Waals surface area contributed by atoms with Gasteiger partial charge in [0, 0.05) is 19.8 Å². The van der Waals surface area contributed by atoms with E-state index in [0.717, 1.165) is 51.9 Å². The van der Waals surface area contributed by atoms with E-state index in [1.807, 2.05) is 6.08 Å². The molecule has 2 amide bonds. The van der Waals surface area contributed by atoms with Crippen molar-refractivity contribution in [2.24, 2.45) is 0 Å². The third-order valence-corrected chi connectivity index (χ3v) is 21.6. The van der Waals surface area contributed by atoms with Crippen LogP contribution in [0.2, 0.25) is 0 Å². The second-order valence-corrected chi connectivity index (χ2v) is 31.0. The summed E-state index contributed by atoms with van der Waals surface area (Å²) in [6.07, 6.45) is 40.9. The van der Waals surface area contributed by atoms with Crippen LogP contribution in [0.5, 0.6) is 0 Å². The summed E-state index contributed by atoms with van der Waals surface area (Å²) in [4.78, 5) is 38.7. The average Bonchev–Trinajstić information content (AvgIpc) is 0.753. The van der Waals surface area contributed by atoms with Gasteiger partial charge in [-0.1, -0.05) is 308 Å². The fourth-order valence-corrected chi connectivity index (χ4v) is 14.9. The Kier molecular flexibility index (Phi) is 56.7. The number of aliphatic carboxylic acids is 1. The van der Waals surface area contributed by atoms with Gasteiger partial charge in [0.05, 0.1) is 50.7 Å². The normalized spacial score (nSPS) is 26.2. The van der Waals surface area contributed by atoms with E-state index in [1.54, 1.807) is 6.08 Å². The van der Waals surface area contributed by atoms with Gasteiger partial charge in [-0.2, -0.15) is 0 Å². The van der Waals surface area contributed by atoms with E-state index in [4.69, 9.17) is 28.4 Å². The molecule has 0 saturated carbocycles. The molecule has 3 aliphatic heterocycles. The van der Waals surface area contributed by atoms with Crippen LogP contribution in [0.15, 0.2) is 24.3 Å². The molecule has 23 nitrogen and oxygen atoms in total. The molecule has 18 unspecified atom stereocenters. The van der Waals surface area contributed by atoms with Gasteiger partial charge < -0.3 is 100 Å². The Labute approximate surface area is 638 Å². The van der Waals surface area contributed by atoms with E-state index in [9.17, 15) is 75.7 Å². The summed E-state index contributed by atoms with van der Waals surface area (Å²) < 4.78 is 34.9. The second-order valence-electron chi connectivity index (χ2n) is 31.0. The minimum atomic E-state index is -3.08. The molecule has 0 bridgehead atoms. The van der Waals surface area contributed by atoms with Crippen LogP contribution in [0.3, 0.4) is 0 Å². The monoisotopic (exact) mass is 1520 g/mol. The lowest BCUT2D eigenvalue weighted by molar-refractivity contribution is -0.386. The van der Waals surface area contributed by atoms with Crippen molar-refractivity contribution in [3.63, 3.8) is 0 Å². The Morgan fingerprint density at radius 1 is 0.491 bits per heavy atom. The van der Waals surface area contributed by atoms with E-state index >= 15 is 0 Å². The van der Waals surface area contributed by atoms with E-state index < -0.39 is 155 Å². The summed E-state index contributed by atoms with van der Waals surface area (Å²) in [7, 11) is 0. The molecule has 14 N–H and O–H groups in total. The Bertz CT molecular complexity index is 2200. The third kappa shape index (κ3) is 41.1. The van der Waals surface area contributed by atoms with Gasteiger partial charge in [0.2, 0.25) is 11.8 Å². The van der Waals surface area contributed by atoms with Crippen LogP contribution in [0.1, 0.15) is 348 Å². The molecule has 0 aromatic rings. The number of rotatable bonds is 68. The number of carboxylic acid groups (broad SMARTS) is 1. The summed E-state index contributed by atoms with van der Waals surface area (Å²) in [5.41, 5.74) is 0. The van der Waals surface area contributed by atoms with Gasteiger partial charge in [-0.3, -0.25) is 9.59 Å². The van der Waals surface area contributed by atoms with Crippen molar-refractivity contribution in [3.8, 4) is 0 Å². The van der Waals surface area contributed by atoms with Crippen molar-refractivity contribution in [2.45, 2.75) is 458 Å². The number of aliphatic hydroxyl groups is 11. The Morgan fingerprint density at radius 2 is 0.887 bits per heavy atom. The van der Waals surface area contributed by atoms with Crippen LogP contribution in [-0.2, 0) is 42.8 Å². The predicted molar refractivity (Wildman–Crippen MR) is 412 cm³/mol. The summed E-state index contributed by atoms with van der Waals surface area (Å²) in [6, 6.07) is -2.62. The first kappa shape index (κ1) is 97.4. The van der Waals surface area contributed by atoms with Crippen molar-refractivity contribution in [1.82, 2.24) is 10.6 Å². The zero-order chi connectivity index (χ0) is 77.4. The summed E-state index contributed by atoms with van der Waals surface area (Å²) in [5.74, 6) is -6.13. The predicted octanol–water partition coefficient (Wildman–Crippen LogP) is 12.3. The molecule has 106 heavy (non-hydrogen) atoms. The second kappa shape index (κ2) is 61.8. The SMILES string of the molecule is CCCCCCCCCCCCCCCC/C=C\CCCCCCCCCCCCCCCCCCCC(=O)NC(COC1OC(CO)C(OC2OC(CO)C(O)C(OC3(C(=O)O)CC(O)C(NC(C)=O)C(C(O)C(O)CO)O3)C2O)C(O)C1O)C(O)/C=C/CCCCCCCCCCCCCCCCC. The molecule has 0 spiro atoms. The highest BCUT2D eigenvalue weighted by Gasteiger charge is 2.60. The summed E-state index contributed by atoms with van der Waals surface area (Å²) >= 11 is 0. The summed E-state index contributed by atoms with van der Waals surface area (Å²) in [5, 5.41) is 136. The van der Waals surface area contributed by atoms with Gasteiger partial charge in [0.25, 0.3) is 5.79 Å². The lowest BCUT2D eigenvalue weighted by atomic mass is 9.88. The van der Waals surface area contributed by atoms with Gasteiger partial charge in [-0.25, -0.2) is 4.79 Å². The highest BCUT2D eigenvalue weighted by molar-refractivity contribution is 5.77.